The number of aliphatic imine (C=N–C) groups is 1. The number of hydrogen-bond acceptors (Lipinski definition) is 7. The van der Waals surface area contributed by atoms with Crippen LogP contribution in [-0.4, -0.2) is 43.9 Å². The molecule has 1 aliphatic carbocycles. The molecule has 1 fully saturated rings. The zero-order chi connectivity index (χ0) is 21.3. The number of aromatic nitrogens is 3. The highest BCUT2D eigenvalue weighted by atomic mass is 16.5. The fourth-order valence-electron chi connectivity index (χ4n) is 3.33. The van der Waals surface area contributed by atoms with Gasteiger partial charge < -0.3 is 21.1 Å². The van der Waals surface area contributed by atoms with Crippen LogP contribution in [0.3, 0.4) is 0 Å². The Bertz CT molecular complexity index is 1050. The van der Waals surface area contributed by atoms with E-state index in [1.165, 1.54) is 6.34 Å². The molecule has 2 aliphatic rings. The Balaban J connectivity index is 1.57. The van der Waals surface area contributed by atoms with Crippen LogP contribution in [0.15, 0.2) is 53.6 Å². The molecule has 5 N–H and O–H groups in total. The van der Waals surface area contributed by atoms with Gasteiger partial charge in [0.2, 0.25) is 0 Å². The molecular formula is C21H26N8O. The Morgan fingerprint density at radius 1 is 1.37 bits per heavy atom. The molecule has 0 atom stereocenters. The van der Waals surface area contributed by atoms with Crippen molar-refractivity contribution < 1.29 is 4.74 Å². The van der Waals surface area contributed by atoms with Gasteiger partial charge in [-0.05, 0) is 44.0 Å². The number of rotatable bonds is 7. The monoisotopic (exact) mass is 406 g/mol. The van der Waals surface area contributed by atoms with E-state index < -0.39 is 0 Å². The Morgan fingerprint density at radius 2 is 2.17 bits per heavy atom. The van der Waals surface area contributed by atoms with Crippen molar-refractivity contribution in [2.45, 2.75) is 38.5 Å². The highest BCUT2D eigenvalue weighted by Crippen LogP contribution is 2.40. The fraction of sp³-hybridized carbons (Fsp3) is 0.333. The van der Waals surface area contributed by atoms with Gasteiger partial charge in [0, 0.05) is 23.5 Å². The van der Waals surface area contributed by atoms with Crippen LogP contribution in [0.4, 0.5) is 5.69 Å². The molecule has 0 bridgehead atoms. The van der Waals surface area contributed by atoms with Crippen molar-refractivity contribution in [2.75, 3.05) is 12.3 Å². The van der Waals surface area contributed by atoms with Crippen LogP contribution in [-0.2, 0) is 13.1 Å². The van der Waals surface area contributed by atoms with Crippen molar-refractivity contribution in [3.63, 3.8) is 0 Å². The van der Waals surface area contributed by atoms with E-state index in [4.69, 9.17) is 21.6 Å². The summed E-state index contributed by atoms with van der Waals surface area (Å²) in [6.07, 6.45) is 6.51. The molecule has 156 valence electrons. The van der Waals surface area contributed by atoms with Gasteiger partial charge in [-0.15, -0.1) is 0 Å². The molecule has 1 aromatic carbocycles. The number of nitrogen functional groups attached to an aromatic ring is 1. The summed E-state index contributed by atoms with van der Waals surface area (Å²) in [6.45, 7) is 8.28. The van der Waals surface area contributed by atoms with Crippen molar-refractivity contribution in [1.29, 1.82) is 5.41 Å². The van der Waals surface area contributed by atoms with Gasteiger partial charge in [-0.25, -0.2) is 14.7 Å². The Morgan fingerprint density at radius 3 is 2.90 bits per heavy atom. The summed E-state index contributed by atoms with van der Waals surface area (Å²) >= 11 is 0. The average Bonchev–Trinajstić information content (AvgIpc) is 3.26. The second-order valence-corrected chi connectivity index (χ2v) is 7.80. The predicted octanol–water partition coefficient (Wildman–Crippen LogP) is 2.06. The number of nitrogens with one attached hydrogen (secondary N) is 1. The summed E-state index contributed by atoms with van der Waals surface area (Å²) in [7, 11) is 0. The van der Waals surface area contributed by atoms with Gasteiger partial charge in [0.05, 0.1) is 30.8 Å². The van der Waals surface area contributed by atoms with Gasteiger partial charge in [0.25, 0.3) is 0 Å². The summed E-state index contributed by atoms with van der Waals surface area (Å²) in [5, 5.41) is 12.9. The topological polar surface area (TPSA) is 131 Å². The van der Waals surface area contributed by atoms with E-state index in [2.05, 4.69) is 33.5 Å². The maximum absolute atomic E-state index is 8.71. The molecule has 0 spiro atoms. The molecule has 2 heterocycles. The zero-order valence-corrected chi connectivity index (χ0v) is 17.0. The minimum atomic E-state index is -0.118. The van der Waals surface area contributed by atoms with Crippen LogP contribution in [0.1, 0.15) is 31.2 Å². The van der Waals surface area contributed by atoms with E-state index >= 15 is 0 Å². The highest BCUT2D eigenvalue weighted by molar-refractivity contribution is 6.14. The van der Waals surface area contributed by atoms with Gasteiger partial charge >= 0.3 is 0 Å². The van der Waals surface area contributed by atoms with Gasteiger partial charge in [-0.2, -0.15) is 5.10 Å². The first-order valence-electron chi connectivity index (χ1n) is 9.83. The molecular weight excluding hydrogens is 380 g/mol. The number of nitrogens with zero attached hydrogens (tertiary/aromatic N) is 5. The maximum Gasteiger partial charge on any atom is 0.146 e. The molecule has 9 nitrogen and oxygen atoms in total. The number of fused-ring (bicyclic) bond motifs is 1. The lowest BCUT2D eigenvalue weighted by atomic mass is 10.0. The second-order valence-electron chi connectivity index (χ2n) is 7.80. The van der Waals surface area contributed by atoms with Crippen LogP contribution in [0, 0.1) is 5.41 Å². The third kappa shape index (κ3) is 4.05. The first kappa shape index (κ1) is 19.7. The number of anilines is 1. The summed E-state index contributed by atoms with van der Waals surface area (Å²) < 4.78 is 7.90. The van der Waals surface area contributed by atoms with E-state index in [0.29, 0.717) is 34.9 Å². The molecule has 0 radical (unpaired) electrons. The minimum Gasteiger partial charge on any atom is -0.488 e. The quantitative estimate of drug-likeness (QED) is 0.279. The lowest BCUT2D eigenvalue weighted by Crippen LogP contribution is -2.33. The van der Waals surface area contributed by atoms with Crippen molar-refractivity contribution in [2.24, 2.45) is 10.7 Å². The Hall–Kier alpha value is -3.62. The van der Waals surface area contributed by atoms with Crippen LogP contribution in [0.2, 0.25) is 0 Å². The lowest BCUT2D eigenvalue weighted by Gasteiger charge is -2.29. The molecule has 30 heavy (non-hydrogen) atoms. The molecule has 9 heteroatoms. The van der Waals surface area contributed by atoms with E-state index in [0.717, 1.165) is 31.8 Å². The third-order valence-electron chi connectivity index (χ3n) is 5.40. The average molecular weight is 406 g/mol. The minimum absolute atomic E-state index is 0.118. The standard InChI is InChI=1S/C21H26N8O/c1-14(28-7-8-29-19(11-28)26-13-27-29)9-18(25-12-22)20(24)16-10-15(3-4-17(16)23)30-21(2)5-6-21/h3-4,9-10,12-13,24H,1,5-8,11,23H2,2H3,(H2,22,25)/b18-9-,24-20?. The molecule has 0 unspecified atom stereocenters. The first-order chi connectivity index (χ1) is 14.4. The zero-order valence-electron chi connectivity index (χ0n) is 17.0. The van der Waals surface area contributed by atoms with Crippen LogP contribution < -0.4 is 16.2 Å². The largest absolute Gasteiger partial charge is 0.488 e. The van der Waals surface area contributed by atoms with Crippen molar-refractivity contribution >= 4 is 17.7 Å². The summed E-state index contributed by atoms with van der Waals surface area (Å²) in [6, 6.07) is 5.36. The molecule has 2 aromatic rings. The highest BCUT2D eigenvalue weighted by Gasteiger charge is 2.40. The van der Waals surface area contributed by atoms with Crippen LogP contribution in [0.25, 0.3) is 0 Å². The van der Waals surface area contributed by atoms with Crippen LogP contribution >= 0.6 is 0 Å². The number of benzene rings is 1. The Kier molecular flexibility index (Phi) is 5.03. The van der Waals surface area contributed by atoms with Gasteiger partial charge in [0.15, 0.2) is 0 Å². The summed E-state index contributed by atoms with van der Waals surface area (Å²) in [5.41, 5.74) is 13.9. The SMILES string of the molecule is C=C(/C=C(\N=CN)C(=N)c1cc(OC2(C)CC2)ccc1N)N1CCn2ncnc2C1. The second kappa shape index (κ2) is 7.66. The number of nitrogens with two attached hydrogens (primary N) is 2. The fourth-order valence-corrected chi connectivity index (χ4v) is 3.33. The van der Waals surface area contributed by atoms with Crippen molar-refractivity contribution in [3.05, 3.63) is 60.0 Å². The number of ether oxygens (including phenoxy) is 1. The summed E-state index contributed by atoms with van der Waals surface area (Å²) in [5.74, 6) is 1.56. The number of allylic oxidation sites excluding steroid dienone is 2. The number of hydrogen-bond donors (Lipinski definition) is 3. The predicted molar refractivity (Wildman–Crippen MR) is 116 cm³/mol. The van der Waals surface area contributed by atoms with Gasteiger partial charge in [-0.1, -0.05) is 6.58 Å². The van der Waals surface area contributed by atoms with E-state index in [9.17, 15) is 0 Å². The van der Waals surface area contributed by atoms with Gasteiger partial charge in [-0.3, -0.25) is 5.41 Å². The first-order valence-corrected chi connectivity index (χ1v) is 9.83. The molecule has 1 aliphatic heterocycles. The van der Waals surface area contributed by atoms with Crippen molar-refractivity contribution in [1.82, 2.24) is 19.7 Å². The van der Waals surface area contributed by atoms with E-state index in [-0.39, 0.29) is 11.3 Å². The van der Waals surface area contributed by atoms with Crippen molar-refractivity contribution in [3.8, 4) is 5.75 Å². The lowest BCUT2D eigenvalue weighted by molar-refractivity contribution is 0.200. The third-order valence-corrected chi connectivity index (χ3v) is 5.40. The van der Waals surface area contributed by atoms with E-state index in [1.807, 2.05) is 10.7 Å². The molecule has 0 amide bonds. The smallest absolute Gasteiger partial charge is 0.146 e. The van der Waals surface area contributed by atoms with Gasteiger partial charge in [0.1, 0.15) is 23.5 Å². The Labute approximate surface area is 175 Å². The maximum atomic E-state index is 8.71. The van der Waals surface area contributed by atoms with Crippen LogP contribution in [0.5, 0.6) is 5.75 Å². The molecule has 1 aromatic heterocycles. The normalized spacial score (nSPS) is 17.6. The molecule has 1 saturated carbocycles. The molecule has 0 saturated heterocycles. The van der Waals surface area contributed by atoms with E-state index in [1.54, 1.807) is 24.5 Å². The molecule has 4 rings (SSSR count). The summed E-state index contributed by atoms with van der Waals surface area (Å²) in [4.78, 5) is 10.5.